The van der Waals surface area contributed by atoms with Gasteiger partial charge >= 0.3 is 6.09 Å². The van der Waals surface area contributed by atoms with Crippen molar-refractivity contribution in [2.45, 2.75) is 26.4 Å². The van der Waals surface area contributed by atoms with Crippen LogP contribution in [-0.4, -0.2) is 38.6 Å². The molecule has 0 atom stereocenters. The van der Waals surface area contributed by atoms with E-state index in [0.717, 1.165) is 22.3 Å². The Hall–Kier alpha value is -3.94. The molecule has 3 aromatic heterocycles. The SMILES string of the molecule is COc1ccc(-c2c(-c3ccccc3)nn3c(NC(=O)OC(C)(C)C)cccc23)nn1. The van der Waals surface area contributed by atoms with Crippen LogP contribution >= 0.6 is 0 Å². The van der Waals surface area contributed by atoms with E-state index in [4.69, 9.17) is 14.6 Å². The van der Waals surface area contributed by atoms with Gasteiger partial charge in [0.1, 0.15) is 17.1 Å². The molecule has 4 rings (SSSR count). The van der Waals surface area contributed by atoms with E-state index in [2.05, 4.69) is 15.5 Å². The van der Waals surface area contributed by atoms with E-state index >= 15 is 0 Å². The zero-order valence-corrected chi connectivity index (χ0v) is 17.8. The van der Waals surface area contributed by atoms with Crippen LogP contribution < -0.4 is 10.1 Å². The smallest absolute Gasteiger partial charge is 0.413 e. The summed E-state index contributed by atoms with van der Waals surface area (Å²) >= 11 is 0. The van der Waals surface area contributed by atoms with Crippen molar-refractivity contribution >= 4 is 17.4 Å². The van der Waals surface area contributed by atoms with Gasteiger partial charge in [-0.25, -0.2) is 9.31 Å². The number of hydrogen-bond acceptors (Lipinski definition) is 6. The Kier molecular flexibility index (Phi) is 5.29. The fourth-order valence-electron chi connectivity index (χ4n) is 3.19. The number of hydrogen-bond donors (Lipinski definition) is 1. The first-order valence-corrected chi connectivity index (χ1v) is 9.81. The third-order valence-corrected chi connectivity index (χ3v) is 4.44. The van der Waals surface area contributed by atoms with Crippen molar-refractivity contribution in [1.82, 2.24) is 19.8 Å². The van der Waals surface area contributed by atoms with E-state index in [9.17, 15) is 4.79 Å². The van der Waals surface area contributed by atoms with Gasteiger partial charge in [0.2, 0.25) is 5.88 Å². The molecule has 158 valence electrons. The first-order chi connectivity index (χ1) is 14.9. The molecule has 1 N–H and O–H groups in total. The molecule has 1 aromatic carbocycles. The van der Waals surface area contributed by atoms with Crippen LogP contribution in [-0.2, 0) is 4.74 Å². The van der Waals surface area contributed by atoms with E-state index in [1.807, 2.05) is 69.3 Å². The van der Waals surface area contributed by atoms with Crippen LogP contribution in [0.15, 0.2) is 60.7 Å². The Morgan fingerprint density at radius 2 is 1.74 bits per heavy atom. The van der Waals surface area contributed by atoms with Gasteiger partial charge in [-0.15, -0.1) is 10.2 Å². The molecule has 1 amide bonds. The number of carbonyl (C=O) groups is 1. The van der Waals surface area contributed by atoms with Gasteiger partial charge in [0.05, 0.1) is 23.9 Å². The molecule has 0 unspecified atom stereocenters. The summed E-state index contributed by atoms with van der Waals surface area (Å²) in [4.78, 5) is 12.4. The molecule has 8 nitrogen and oxygen atoms in total. The molecule has 0 aliphatic heterocycles. The maximum atomic E-state index is 12.4. The van der Waals surface area contributed by atoms with E-state index < -0.39 is 11.7 Å². The second-order valence-electron chi connectivity index (χ2n) is 7.89. The normalized spacial score (nSPS) is 11.4. The van der Waals surface area contributed by atoms with Crippen molar-refractivity contribution in [2.75, 3.05) is 12.4 Å². The first kappa shape index (κ1) is 20.3. The summed E-state index contributed by atoms with van der Waals surface area (Å²) in [5, 5.41) is 16.0. The Morgan fingerprint density at radius 3 is 2.39 bits per heavy atom. The lowest BCUT2D eigenvalue weighted by Crippen LogP contribution is -2.27. The summed E-state index contributed by atoms with van der Waals surface area (Å²) in [7, 11) is 1.54. The number of methoxy groups -OCH3 is 1. The zero-order chi connectivity index (χ0) is 22.0. The second-order valence-corrected chi connectivity index (χ2v) is 7.89. The van der Waals surface area contributed by atoms with Crippen molar-refractivity contribution in [3.8, 4) is 28.4 Å². The quantitative estimate of drug-likeness (QED) is 0.512. The molecular weight excluding hydrogens is 394 g/mol. The number of amides is 1. The third-order valence-electron chi connectivity index (χ3n) is 4.44. The Balaban J connectivity index is 1.87. The minimum Gasteiger partial charge on any atom is -0.480 e. The molecule has 0 spiro atoms. The van der Waals surface area contributed by atoms with E-state index in [-0.39, 0.29) is 0 Å². The minimum absolute atomic E-state index is 0.425. The van der Waals surface area contributed by atoms with Gasteiger partial charge in [-0.2, -0.15) is 5.10 Å². The van der Waals surface area contributed by atoms with Crippen LogP contribution in [0, 0.1) is 0 Å². The molecule has 0 aliphatic carbocycles. The van der Waals surface area contributed by atoms with E-state index in [0.29, 0.717) is 17.4 Å². The van der Waals surface area contributed by atoms with Gasteiger partial charge in [0.15, 0.2) is 0 Å². The van der Waals surface area contributed by atoms with Crippen LogP contribution in [0.25, 0.3) is 28.0 Å². The van der Waals surface area contributed by atoms with Crippen molar-refractivity contribution in [3.63, 3.8) is 0 Å². The maximum Gasteiger partial charge on any atom is 0.413 e. The molecule has 3 heterocycles. The topological polar surface area (TPSA) is 90.6 Å². The number of ether oxygens (including phenoxy) is 2. The summed E-state index contributed by atoms with van der Waals surface area (Å²) in [6, 6.07) is 18.9. The van der Waals surface area contributed by atoms with Crippen molar-refractivity contribution in [3.05, 3.63) is 60.7 Å². The zero-order valence-electron chi connectivity index (χ0n) is 17.8. The summed E-state index contributed by atoms with van der Waals surface area (Å²) in [6.45, 7) is 5.44. The van der Waals surface area contributed by atoms with Crippen molar-refractivity contribution < 1.29 is 14.3 Å². The molecule has 0 bridgehead atoms. The fraction of sp³-hybridized carbons (Fsp3) is 0.217. The first-order valence-electron chi connectivity index (χ1n) is 9.81. The molecule has 0 fully saturated rings. The second kappa shape index (κ2) is 8.06. The van der Waals surface area contributed by atoms with Crippen molar-refractivity contribution in [1.29, 1.82) is 0 Å². The molecule has 0 aliphatic rings. The highest BCUT2D eigenvalue weighted by Crippen LogP contribution is 2.35. The predicted octanol–water partition coefficient (Wildman–Crippen LogP) is 4.81. The van der Waals surface area contributed by atoms with Gasteiger partial charge in [-0.3, -0.25) is 5.32 Å². The third kappa shape index (κ3) is 4.32. The number of aromatic nitrogens is 4. The van der Waals surface area contributed by atoms with Gasteiger partial charge < -0.3 is 9.47 Å². The summed E-state index contributed by atoms with van der Waals surface area (Å²) < 4.78 is 12.2. The van der Waals surface area contributed by atoms with Crippen LogP contribution in [0.4, 0.5) is 10.6 Å². The number of pyridine rings is 1. The van der Waals surface area contributed by atoms with Gasteiger partial charge in [-0.1, -0.05) is 36.4 Å². The lowest BCUT2D eigenvalue weighted by atomic mass is 10.0. The largest absolute Gasteiger partial charge is 0.480 e. The highest BCUT2D eigenvalue weighted by Gasteiger charge is 2.21. The number of benzene rings is 1. The van der Waals surface area contributed by atoms with Gasteiger partial charge in [0, 0.05) is 11.6 Å². The number of fused-ring (bicyclic) bond motifs is 1. The molecule has 0 saturated heterocycles. The number of rotatable bonds is 4. The Morgan fingerprint density at radius 1 is 0.968 bits per heavy atom. The highest BCUT2D eigenvalue weighted by molar-refractivity contribution is 5.92. The molecular formula is C23H23N5O3. The number of anilines is 1. The van der Waals surface area contributed by atoms with Crippen molar-refractivity contribution in [2.24, 2.45) is 0 Å². The average Bonchev–Trinajstić information content (AvgIpc) is 3.14. The van der Waals surface area contributed by atoms with Gasteiger partial charge in [0.25, 0.3) is 0 Å². The maximum absolute atomic E-state index is 12.4. The number of nitrogens with zero attached hydrogens (tertiary/aromatic N) is 4. The Bertz CT molecular complexity index is 1210. The van der Waals surface area contributed by atoms with Crippen LogP contribution in [0.5, 0.6) is 5.88 Å². The predicted molar refractivity (Wildman–Crippen MR) is 118 cm³/mol. The fourth-order valence-corrected chi connectivity index (χ4v) is 3.19. The lowest BCUT2D eigenvalue weighted by Gasteiger charge is -2.19. The van der Waals surface area contributed by atoms with E-state index in [1.54, 1.807) is 23.8 Å². The summed E-state index contributed by atoms with van der Waals surface area (Å²) in [5.41, 5.74) is 3.24. The summed E-state index contributed by atoms with van der Waals surface area (Å²) in [6.07, 6.45) is -0.553. The van der Waals surface area contributed by atoms with Crippen LogP contribution in [0.3, 0.4) is 0 Å². The minimum atomic E-state index is -0.610. The molecule has 0 radical (unpaired) electrons. The molecule has 4 aromatic rings. The highest BCUT2D eigenvalue weighted by atomic mass is 16.6. The number of carbonyl (C=O) groups excluding carboxylic acids is 1. The molecule has 0 saturated carbocycles. The standard InChI is InChI=1S/C23H23N5O3/c1-23(2,3)31-22(29)24-18-12-8-11-17-20(16-13-14-19(30-4)26-25-16)21(27-28(17)18)15-9-6-5-7-10-15/h5-14H,1-4H3,(H,24,29). The lowest BCUT2D eigenvalue weighted by molar-refractivity contribution is 0.0635. The monoisotopic (exact) mass is 417 g/mol. The molecule has 31 heavy (non-hydrogen) atoms. The van der Waals surface area contributed by atoms with E-state index in [1.165, 1.54) is 0 Å². The van der Waals surface area contributed by atoms with Gasteiger partial charge in [-0.05, 0) is 39.0 Å². The molecule has 8 heteroatoms. The van der Waals surface area contributed by atoms with Crippen LogP contribution in [0.1, 0.15) is 20.8 Å². The summed E-state index contributed by atoms with van der Waals surface area (Å²) in [5.74, 6) is 0.908. The number of nitrogens with one attached hydrogen (secondary N) is 1. The average molecular weight is 417 g/mol. The Labute approximate surface area is 179 Å². The van der Waals surface area contributed by atoms with Crippen LogP contribution in [0.2, 0.25) is 0 Å².